The van der Waals surface area contributed by atoms with Crippen molar-refractivity contribution in [1.82, 2.24) is 9.80 Å². The SMILES string of the molecule is CCN(CC)CCCN(CC(O)c1ccc([N+](=O)[O-])cc1)C(=O)c1ccc([N+](=O)[O-])cc1.O=C(O)C(=O)O. The van der Waals surface area contributed by atoms with E-state index in [0.717, 1.165) is 19.6 Å². The van der Waals surface area contributed by atoms with Crippen LogP contribution in [0.4, 0.5) is 11.4 Å². The Morgan fingerprint density at radius 1 is 0.816 bits per heavy atom. The van der Waals surface area contributed by atoms with Crippen LogP contribution in [0.5, 0.6) is 0 Å². The zero-order chi connectivity index (χ0) is 28.8. The van der Waals surface area contributed by atoms with E-state index in [2.05, 4.69) is 18.7 Å². The first-order chi connectivity index (χ1) is 17.9. The maximum absolute atomic E-state index is 13.1. The summed E-state index contributed by atoms with van der Waals surface area (Å²) in [6, 6.07) is 10.9. The molecule has 3 N–H and O–H groups in total. The van der Waals surface area contributed by atoms with E-state index in [1.54, 1.807) is 0 Å². The van der Waals surface area contributed by atoms with Crippen molar-refractivity contribution < 1.29 is 39.5 Å². The molecule has 2 rings (SSSR count). The van der Waals surface area contributed by atoms with Gasteiger partial charge < -0.3 is 25.1 Å². The van der Waals surface area contributed by atoms with Crippen LogP contribution in [0, 0.1) is 20.2 Å². The van der Waals surface area contributed by atoms with Crippen molar-refractivity contribution in [1.29, 1.82) is 0 Å². The molecule has 0 aliphatic rings. The van der Waals surface area contributed by atoms with E-state index < -0.39 is 27.9 Å². The lowest BCUT2D eigenvalue weighted by Crippen LogP contribution is -2.37. The number of aliphatic hydroxyl groups excluding tert-OH is 1. The Hall–Kier alpha value is -4.43. The van der Waals surface area contributed by atoms with Gasteiger partial charge in [-0.2, -0.15) is 0 Å². The first-order valence-electron chi connectivity index (χ1n) is 11.6. The lowest BCUT2D eigenvalue weighted by molar-refractivity contribution is -0.385. The van der Waals surface area contributed by atoms with Gasteiger partial charge in [-0.3, -0.25) is 25.0 Å². The van der Waals surface area contributed by atoms with Crippen molar-refractivity contribution in [3.63, 3.8) is 0 Å². The van der Waals surface area contributed by atoms with E-state index in [4.69, 9.17) is 19.8 Å². The highest BCUT2D eigenvalue weighted by molar-refractivity contribution is 6.27. The normalized spacial score (nSPS) is 11.2. The van der Waals surface area contributed by atoms with Gasteiger partial charge in [0.25, 0.3) is 17.3 Å². The summed E-state index contributed by atoms with van der Waals surface area (Å²) < 4.78 is 0. The van der Waals surface area contributed by atoms with E-state index in [-0.39, 0.29) is 29.4 Å². The van der Waals surface area contributed by atoms with E-state index in [0.29, 0.717) is 18.5 Å². The smallest absolute Gasteiger partial charge is 0.414 e. The fourth-order valence-corrected chi connectivity index (χ4v) is 3.34. The molecule has 0 radical (unpaired) electrons. The molecule has 0 aliphatic heterocycles. The van der Waals surface area contributed by atoms with E-state index in [1.165, 1.54) is 53.4 Å². The second-order valence-electron chi connectivity index (χ2n) is 7.91. The number of rotatable bonds is 12. The Morgan fingerprint density at radius 3 is 1.66 bits per heavy atom. The lowest BCUT2D eigenvalue weighted by Gasteiger charge is -2.27. The van der Waals surface area contributed by atoms with Gasteiger partial charge >= 0.3 is 11.9 Å². The van der Waals surface area contributed by atoms with Crippen LogP contribution in [-0.4, -0.2) is 85.5 Å². The maximum Gasteiger partial charge on any atom is 0.414 e. The fourth-order valence-electron chi connectivity index (χ4n) is 3.34. The average molecular weight is 535 g/mol. The highest BCUT2D eigenvalue weighted by Gasteiger charge is 2.21. The first-order valence-corrected chi connectivity index (χ1v) is 11.6. The minimum atomic E-state index is -1.82. The van der Waals surface area contributed by atoms with Gasteiger partial charge in [0, 0.05) is 36.4 Å². The summed E-state index contributed by atoms with van der Waals surface area (Å²) in [5.41, 5.74) is 0.551. The molecule has 0 heterocycles. The first kappa shape index (κ1) is 31.6. The zero-order valence-corrected chi connectivity index (χ0v) is 20.9. The molecule has 38 heavy (non-hydrogen) atoms. The highest BCUT2D eigenvalue weighted by atomic mass is 16.6. The van der Waals surface area contributed by atoms with Crippen LogP contribution in [0.3, 0.4) is 0 Å². The summed E-state index contributed by atoms with van der Waals surface area (Å²) in [4.78, 5) is 55.7. The summed E-state index contributed by atoms with van der Waals surface area (Å²) in [6.45, 7) is 7.05. The predicted molar refractivity (Wildman–Crippen MR) is 135 cm³/mol. The molecule has 0 saturated heterocycles. The van der Waals surface area contributed by atoms with Crippen LogP contribution in [0.25, 0.3) is 0 Å². The second-order valence-corrected chi connectivity index (χ2v) is 7.91. The highest BCUT2D eigenvalue weighted by Crippen LogP contribution is 2.20. The summed E-state index contributed by atoms with van der Waals surface area (Å²) >= 11 is 0. The Balaban J connectivity index is 0.00000107. The largest absolute Gasteiger partial charge is 0.473 e. The molecule has 14 nitrogen and oxygen atoms in total. The van der Waals surface area contributed by atoms with Crippen LogP contribution in [0.2, 0.25) is 0 Å². The Labute approximate surface area is 218 Å². The van der Waals surface area contributed by atoms with Crippen molar-refractivity contribution in [3.8, 4) is 0 Å². The topological polar surface area (TPSA) is 205 Å². The number of hydrogen-bond acceptors (Lipinski definition) is 9. The molecule has 0 saturated carbocycles. The third kappa shape index (κ3) is 10.3. The maximum atomic E-state index is 13.1. The molecular formula is C24H30N4O10. The molecule has 14 heteroatoms. The van der Waals surface area contributed by atoms with Crippen LogP contribution in [-0.2, 0) is 9.59 Å². The molecule has 0 bridgehead atoms. The van der Waals surface area contributed by atoms with Gasteiger partial charge in [0.2, 0.25) is 0 Å². The van der Waals surface area contributed by atoms with Crippen LogP contribution < -0.4 is 0 Å². The van der Waals surface area contributed by atoms with Gasteiger partial charge in [0.15, 0.2) is 0 Å². The average Bonchev–Trinajstić information content (AvgIpc) is 2.90. The zero-order valence-electron chi connectivity index (χ0n) is 20.9. The van der Waals surface area contributed by atoms with E-state index in [9.17, 15) is 30.1 Å². The van der Waals surface area contributed by atoms with Gasteiger partial charge in [-0.05, 0) is 55.9 Å². The fraction of sp³-hybridized carbons (Fsp3) is 0.375. The minimum Gasteiger partial charge on any atom is -0.473 e. The number of carboxylic acids is 2. The number of aliphatic carboxylic acids is 2. The second kappa shape index (κ2) is 15.6. The molecule has 0 spiro atoms. The standard InChI is InChI=1S/C22H28N4O6.C2H2O4/c1-3-23(4-2)14-5-15-24(22(28)18-8-12-20(13-9-18)26(31)32)16-21(27)17-6-10-19(11-7-17)25(29)30;3-1(4)2(5)6/h6-13,21,27H,3-5,14-16H2,1-2H3;(H,3,4)(H,5,6). The Morgan fingerprint density at radius 2 is 1.26 bits per heavy atom. The number of amides is 1. The number of non-ortho nitro benzene ring substituents is 2. The van der Waals surface area contributed by atoms with E-state index >= 15 is 0 Å². The monoisotopic (exact) mass is 534 g/mol. The number of nitrogens with zero attached hydrogens (tertiary/aromatic N) is 4. The summed E-state index contributed by atoms with van der Waals surface area (Å²) in [5, 5.41) is 47.2. The van der Waals surface area contributed by atoms with Gasteiger partial charge in [-0.25, -0.2) is 9.59 Å². The molecule has 1 atom stereocenters. The van der Waals surface area contributed by atoms with Gasteiger partial charge in [-0.15, -0.1) is 0 Å². The van der Waals surface area contributed by atoms with Gasteiger partial charge in [0.05, 0.1) is 22.5 Å². The summed E-state index contributed by atoms with van der Waals surface area (Å²) in [7, 11) is 0. The number of aliphatic hydroxyl groups is 1. The van der Waals surface area contributed by atoms with Crippen molar-refractivity contribution in [3.05, 3.63) is 79.9 Å². The number of carbonyl (C=O) groups excluding carboxylic acids is 1. The molecule has 0 aromatic heterocycles. The molecule has 2 aromatic carbocycles. The molecule has 1 unspecified atom stereocenters. The number of hydrogen-bond donors (Lipinski definition) is 3. The van der Waals surface area contributed by atoms with Crippen molar-refractivity contribution >= 4 is 29.2 Å². The Bertz CT molecular complexity index is 1090. The van der Waals surface area contributed by atoms with Crippen LogP contribution >= 0.6 is 0 Å². The molecule has 206 valence electrons. The molecule has 1 amide bonds. The van der Waals surface area contributed by atoms with E-state index in [1.807, 2.05) is 0 Å². The molecular weight excluding hydrogens is 504 g/mol. The number of benzene rings is 2. The van der Waals surface area contributed by atoms with Crippen LogP contribution in [0.1, 0.15) is 42.3 Å². The van der Waals surface area contributed by atoms with Gasteiger partial charge in [-0.1, -0.05) is 13.8 Å². The molecule has 0 fully saturated rings. The predicted octanol–water partition coefficient (Wildman–Crippen LogP) is 2.57. The Kier molecular flexibility index (Phi) is 13.0. The minimum absolute atomic E-state index is 0.00805. The number of nitro groups is 2. The number of nitro benzene ring substituents is 2. The third-order valence-corrected chi connectivity index (χ3v) is 5.47. The molecule has 2 aromatic rings. The van der Waals surface area contributed by atoms with Crippen molar-refractivity contribution in [2.75, 3.05) is 32.7 Å². The number of carboxylic acid groups (broad SMARTS) is 2. The third-order valence-electron chi connectivity index (χ3n) is 5.47. The summed E-state index contributed by atoms with van der Waals surface area (Å²) in [5.74, 6) is -3.99. The quantitative estimate of drug-likeness (QED) is 0.205. The van der Waals surface area contributed by atoms with Crippen LogP contribution in [0.15, 0.2) is 48.5 Å². The number of carbonyl (C=O) groups is 3. The van der Waals surface area contributed by atoms with Crippen molar-refractivity contribution in [2.24, 2.45) is 0 Å². The van der Waals surface area contributed by atoms with Gasteiger partial charge in [0.1, 0.15) is 0 Å². The van der Waals surface area contributed by atoms with Crippen molar-refractivity contribution in [2.45, 2.75) is 26.4 Å². The summed E-state index contributed by atoms with van der Waals surface area (Å²) in [6.07, 6.45) is -0.348. The lowest BCUT2D eigenvalue weighted by atomic mass is 10.1. The molecule has 0 aliphatic carbocycles.